The first-order valence-corrected chi connectivity index (χ1v) is 12.0. The summed E-state index contributed by atoms with van der Waals surface area (Å²) >= 11 is 3.45. The number of aliphatic hydroxyl groups is 1. The molecule has 4 nitrogen and oxygen atoms in total. The van der Waals surface area contributed by atoms with Crippen molar-refractivity contribution in [3.63, 3.8) is 0 Å². The Bertz CT molecular complexity index is 1220. The number of halogens is 1. The molecule has 5 heteroatoms. The minimum Gasteiger partial charge on any atom is -0.375 e. The second-order valence-corrected chi connectivity index (χ2v) is 9.81. The zero-order valence-corrected chi connectivity index (χ0v) is 20.8. The van der Waals surface area contributed by atoms with Gasteiger partial charge in [-0.25, -0.2) is 0 Å². The van der Waals surface area contributed by atoms with Crippen LogP contribution in [0.1, 0.15) is 57.9 Å². The molecular weight excluding hydrogens is 478 g/mol. The van der Waals surface area contributed by atoms with Crippen molar-refractivity contribution in [2.75, 3.05) is 4.90 Å². The van der Waals surface area contributed by atoms with Gasteiger partial charge in [0.05, 0.1) is 18.7 Å². The van der Waals surface area contributed by atoms with Crippen LogP contribution < -0.4 is 4.90 Å². The summed E-state index contributed by atoms with van der Waals surface area (Å²) in [6.45, 7) is 6.47. The number of amides is 1. The van der Waals surface area contributed by atoms with E-state index in [4.69, 9.17) is 0 Å². The molecule has 1 atom stereocenters. The van der Waals surface area contributed by atoms with Gasteiger partial charge in [-0.2, -0.15) is 0 Å². The van der Waals surface area contributed by atoms with Crippen molar-refractivity contribution in [3.05, 3.63) is 98.5 Å². The number of anilines is 1. The minimum atomic E-state index is -1.91. The highest BCUT2D eigenvalue weighted by atomic mass is 79.9. The normalized spacial score (nSPS) is 17.4. The van der Waals surface area contributed by atoms with Crippen molar-refractivity contribution in [1.82, 2.24) is 0 Å². The molecule has 33 heavy (non-hydrogen) atoms. The van der Waals surface area contributed by atoms with Crippen molar-refractivity contribution < 1.29 is 14.7 Å². The molecule has 1 aliphatic heterocycles. The monoisotopic (exact) mass is 505 g/mol. The molecule has 0 unspecified atom stereocenters. The highest BCUT2D eigenvalue weighted by Gasteiger charge is 2.51. The fourth-order valence-corrected chi connectivity index (χ4v) is 4.83. The molecule has 0 fully saturated rings. The molecule has 1 aliphatic rings. The predicted octanol–water partition coefficient (Wildman–Crippen LogP) is 6.03. The quantitative estimate of drug-likeness (QED) is 0.399. The van der Waals surface area contributed by atoms with E-state index >= 15 is 0 Å². The number of ketones is 1. The number of nitrogens with zero attached hydrogens (tertiary/aromatic N) is 1. The van der Waals surface area contributed by atoms with E-state index in [9.17, 15) is 14.7 Å². The Kier molecular flexibility index (Phi) is 6.55. The lowest BCUT2D eigenvalue weighted by molar-refractivity contribution is -0.136. The molecule has 0 aromatic heterocycles. The number of Topliss-reactive ketones (excluding diaryl/α,β-unsaturated/α-hetero) is 1. The first-order chi connectivity index (χ1) is 15.7. The van der Waals surface area contributed by atoms with Crippen LogP contribution in [0.4, 0.5) is 5.69 Å². The molecule has 0 radical (unpaired) electrons. The molecule has 0 aliphatic carbocycles. The van der Waals surface area contributed by atoms with Crippen molar-refractivity contribution in [2.24, 2.45) is 0 Å². The Morgan fingerprint density at radius 1 is 1.03 bits per heavy atom. The second-order valence-electron chi connectivity index (χ2n) is 8.89. The fourth-order valence-electron chi connectivity index (χ4n) is 4.47. The van der Waals surface area contributed by atoms with Gasteiger partial charge in [0.1, 0.15) is 0 Å². The van der Waals surface area contributed by atoms with E-state index in [0.717, 1.165) is 34.0 Å². The van der Waals surface area contributed by atoms with Crippen LogP contribution in [0, 0.1) is 13.8 Å². The molecule has 1 heterocycles. The number of rotatable bonds is 7. The van der Waals surface area contributed by atoms with E-state index in [0.29, 0.717) is 23.4 Å². The SMILES string of the molecule is CCCc1ccc(C(=O)C[C@]2(O)C(=O)N(Cc3cc(C)ccc3C)c3ccc(Br)cc32)cc1. The predicted molar refractivity (Wildman–Crippen MR) is 135 cm³/mol. The fraction of sp³-hybridized carbons (Fsp3) is 0.286. The summed E-state index contributed by atoms with van der Waals surface area (Å²) in [5.41, 5.74) is 4.05. The zero-order chi connectivity index (χ0) is 23.8. The van der Waals surface area contributed by atoms with E-state index in [1.807, 2.05) is 50.2 Å². The summed E-state index contributed by atoms with van der Waals surface area (Å²) in [5, 5.41) is 11.6. The summed E-state index contributed by atoms with van der Waals surface area (Å²) in [6, 6.07) is 19.0. The maximum absolute atomic E-state index is 13.6. The van der Waals surface area contributed by atoms with E-state index in [1.165, 1.54) is 5.56 Å². The third-order valence-corrected chi connectivity index (χ3v) is 6.85. The molecule has 3 aromatic carbocycles. The van der Waals surface area contributed by atoms with Crippen LogP contribution in [-0.2, 0) is 23.4 Å². The van der Waals surface area contributed by atoms with Gasteiger partial charge in [-0.1, -0.05) is 77.3 Å². The van der Waals surface area contributed by atoms with Crippen LogP contribution in [0.15, 0.2) is 65.1 Å². The maximum Gasteiger partial charge on any atom is 0.264 e. The van der Waals surface area contributed by atoms with Gasteiger partial charge < -0.3 is 10.0 Å². The lowest BCUT2D eigenvalue weighted by atomic mass is 9.88. The lowest BCUT2D eigenvalue weighted by Crippen LogP contribution is -2.41. The van der Waals surface area contributed by atoms with Crippen molar-refractivity contribution in [3.8, 4) is 0 Å². The molecule has 170 valence electrons. The highest BCUT2D eigenvalue weighted by molar-refractivity contribution is 9.10. The average Bonchev–Trinajstić information content (AvgIpc) is 2.98. The van der Waals surface area contributed by atoms with Gasteiger partial charge >= 0.3 is 0 Å². The van der Waals surface area contributed by atoms with E-state index in [-0.39, 0.29) is 12.2 Å². The number of carbonyl (C=O) groups is 2. The Morgan fingerprint density at radius 2 is 1.76 bits per heavy atom. The van der Waals surface area contributed by atoms with Gasteiger partial charge in [-0.15, -0.1) is 0 Å². The third kappa shape index (κ3) is 4.53. The Hall–Kier alpha value is -2.76. The highest BCUT2D eigenvalue weighted by Crippen LogP contribution is 2.45. The summed E-state index contributed by atoms with van der Waals surface area (Å²) in [5.74, 6) is -0.721. The Balaban J connectivity index is 1.67. The van der Waals surface area contributed by atoms with Crippen molar-refractivity contribution in [1.29, 1.82) is 0 Å². The van der Waals surface area contributed by atoms with Gasteiger partial charge in [0, 0.05) is 15.6 Å². The largest absolute Gasteiger partial charge is 0.375 e. The Morgan fingerprint density at radius 3 is 2.45 bits per heavy atom. The summed E-state index contributed by atoms with van der Waals surface area (Å²) < 4.78 is 0.748. The van der Waals surface area contributed by atoms with Gasteiger partial charge in [0.2, 0.25) is 0 Å². The van der Waals surface area contributed by atoms with Crippen molar-refractivity contribution in [2.45, 2.75) is 52.2 Å². The van der Waals surface area contributed by atoms with E-state index < -0.39 is 11.5 Å². The first kappa shape index (κ1) is 23.4. The van der Waals surface area contributed by atoms with Crippen LogP contribution in [-0.4, -0.2) is 16.8 Å². The van der Waals surface area contributed by atoms with Crippen molar-refractivity contribution >= 4 is 33.3 Å². The summed E-state index contributed by atoms with van der Waals surface area (Å²) in [4.78, 5) is 28.3. The zero-order valence-electron chi connectivity index (χ0n) is 19.2. The molecule has 0 spiro atoms. The number of fused-ring (bicyclic) bond motifs is 1. The smallest absolute Gasteiger partial charge is 0.264 e. The maximum atomic E-state index is 13.6. The van der Waals surface area contributed by atoms with E-state index in [2.05, 4.69) is 28.9 Å². The van der Waals surface area contributed by atoms with Gasteiger partial charge in [0.15, 0.2) is 11.4 Å². The average molecular weight is 506 g/mol. The number of hydrogen-bond donors (Lipinski definition) is 1. The summed E-state index contributed by atoms with van der Waals surface area (Å²) in [7, 11) is 0. The topological polar surface area (TPSA) is 57.6 Å². The van der Waals surface area contributed by atoms with E-state index in [1.54, 1.807) is 23.1 Å². The van der Waals surface area contributed by atoms with Crippen LogP contribution in [0.25, 0.3) is 0 Å². The number of aryl methyl sites for hydroxylation is 3. The molecule has 0 saturated heterocycles. The number of benzene rings is 3. The Labute approximate surface area is 203 Å². The molecule has 3 aromatic rings. The van der Waals surface area contributed by atoms with Gasteiger partial charge in [-0.3, -0.25) is 9.59 Å². The molecule has 4 rings (SSSR count). The molecule has 0 bridgehead atoms. The minimum absolute atomic E-state index is 0.256. The third-order valence-electron chi connectivity index (χ3n) is 6.36. The summed E-state index contributed by atoms with van der Waals surface area (Å²) in [6.07, 6.45) is 1.68. The molecule has 0 saturated carbocycles. The van der Waals surface area contributed by atoms with Crippen LogP contribution in [0.5, 0.6) is 0 Å². The van der Waals surface area contributed by atoms with Crippen LogP contribution >= 0.6 is 15.9 Å². The van der Waals surface area contributed by atoms with Gasteiger partial charge in [0.25, 0.3) is 5.91 Å². The van der Waals surface area contributed by atoms with Crippen LogP contribution in [0.3, 0.4) is 0 Å². The first-order valence-electron chi connectivity index (χ1n) is 11.3. The lowest BCUT2D eigenvalue weighted by Gasteiger charge is -2.23. The number of carbonyl (C=O) groups excluding carboxylic acids is 2. The number of hydrogen-bond acceptors (Lipinski definition) is 3. The van der Waals surface area contributed by atoms with Gasteiger partial charge in [-0.05, 0) is 55.2 Å². The molecule has 1 amide bonds. The molecule has 1 N–H and O–H groups in total. The second kappa shape index (κ2) is 9.24. The standard InChI is InChI=1S/C28H28BrNO3/c1-4-5-20-8-10-21(11-9-20)26(31)16-28(33)24-15-23(29)12-13-25(24)30(27(28)32)17-22-14-18(2)6-7-19(22)3/h6-15,33H,4-5,16-17H2,1-3H3/t28-/m1/s1. The molecular formula is C28H28BrNO3. The van der Waals surface area contributed by atoms with Crippen LogP contribution in [0.2, 0.25) is 0 Å².